The van der Waals surface area contributed by atoms with Gasteiger partial charge in [0.05, 0.1) is 6.10 Å². The Bertz CT molecular complexity index is 618. The van der Waals surface area contributed by atoms with E-state index in [2.05, 4.69) is 5.32 Å². The second kappa shape index (κ2) is 5.84. The fourth-order valence-electron chi connectivity index (χ4n) is 2.04. The van der Waals surface area contributed by atoms with Crippen molar-refractivity contribution in [1.82, 2.24) is 0 Å². The van der Waals surface area contributed by atoms with Crippen molar-refractivity contribution in [2.45, 2.75) is 20.0 Å². The third kappa shape index (κ3) is 3.22. The normalized spacial score (nSPS) is 12.0. The predicted octanol–water partition coefficient (Wildman–Crippen LogP) is 3.44. The SMILES string of the molecule is Cc1cc(F)cc(C(=O)Nc2ccccc2C(C)O)c1. The van der Waals surface area contributed by atoms with Crippen LogP contribution in [0.15, 0.2) is 42.5 Å². The number of carbonyl (C=O) groups is 1. The highest BCUT2D eigenvalue weighted by atomic mass is 19.1. The summed E-state index contributed by atoms with van der Waals surface area (Å²) in [6.45, 7) is 3.35. The number of anilines is 1. The topological polar surface area (TPSA) is 49.3 Å². The Balaban J connectivity index is 2.28. The zero-order valence-corrected chi connectivity index (χ0v) is 11.4. The maximum atomic E-state index is 13.3. The third-order valence-electron chi connectivity index (χ3n) is 2.96. The van der Waals surface area contributed by atoms with E-state index in [1.807, 2.05) is 0 Å². The smallest absolute Gasteiger partial charge is 0.255 e. The molecule has 0 spiro atoms. The summed E-state index contributed by atoms with van der Waals surface area (Å²) in [5.41, 5.74) is 2.07. The number of amides is 1. The van der Waals surface area contributed by atoms with Gasteiger partial charge in [-0.05, 0) is 43.7 Å². The van der Waals surface area contributed by atoms with E-state index in [0.29, 0.717) is 16.8 Å². The Morgan fingerprint density at radius 2 is 1.95 bits per heavy atom. The van der Waals surface area contributed by atoms with Crippen LogP contribution in [0.2, 0.25) is 0 Å². The van der Waals surface area contributed by atoms with Crippen LogP contribution in [0.5, 0.6) is 0 Å². The van der Waals surface area contributed by atoms with E-state index in [-0.39, 0.29) is 5.56 Å². The summed E-state index contributed by atoms with van der Waals surface area (Å²) < 4.78 is 13.3. The number of nitrogens with one attached hydrogen (secondary N) is 1. The van der Waals surface area contributed by atoms with Crippen LogP contribution in [-0.2, 0) is 0 Å². The van der Waals surface area contributed by atoms with Crippen LogP contribution in [0.4, 0.5) is 10.1 Å². The minimum absolute atomic E-state index is 0.253. The van der Waals surface area contributed by atoms with Crippen LogP contribution >= 0.6 is 0 Å². The van der Waals surface area contributed by atoms with E-state index in [1.54, 1.807) is 44.2 Å². The molecule has 0 saturated heterocycles. The summed E-state index contributed by atoms with van der Waals surface area (Å²) in [4.78, 5) is 12.1. The summed E-state index contributed by atoms with van der Waals surface area (Å²) in [5.74, 6) is -0.848. The van der Waals surface area contributed by atoms with Gasteiger partial charge in [0.1, 0.15) is 5.82 Å². The van der Waals surface area contributed by atoms with Crippen molar-refractivity contribution in [2.24, 2.45) is 0 Å². The molecule has 4 heteroatoms. The van der Waals surface area contributed by atoms with E-state index in [1.165, 1.54) is 12.1 Å². The number of rotatable bonds is 3. The van der Waals surface area contributed by atoms with Gasteiger partial charge in [0.2, 0.25) is 0 Å². The van der Waals surface area contributed by atoms with Gasteiger partial charge >= 0.3 is 0 Å². The number of para-hydroxylation sites is 1. The lowest BCUT2D eigenvalue weighted by Crippen LogP contribution is -2.14. The minimum Gasteiger partial charge on any atom is -0.389 e. The molecule has 0 fully saturated rings. The summed E-state index contributed by atoms with van der Waals surface area (Å²) in [6, 6.07) is 11.1. The predicted molar refractivity (Wildman–Crippen MR) is 76.2 cm³/mol. The summed E-state index contributed by atoms with van der Waals surface area (Å²) >= 11 is 0. The monoisotopic (exact) mass is 273 g/mol. The van der Waals surface area contributed by atoms with Crippen molar-refractivity contribution in [2.75, 3.05) is 5.32 Å². The molecule has 0 heterocycles. The van der Waals surface area contributed by atoms with Crippen LogP contribution in [0.1, 0.15) is 34.5 Å². The highest BCUT2D eigenvalue weighted by Gasteiger charge is 2.12. The van der Waals surface area contributed by atoms with Gasteiger partial charge in [0, 0.05) is 16.8 Å². The van der Waals surface area contributed by atoms with Crippen molar-refractivity contribution in [3.63, 3.8) is 0 Å². The van der Waals surface area contributed by atoms with Crippen molar-refractivity contribution < 1.29 is 14.3 Å². The number of halogens is 1. The first-order chi connectivity index (χ1) is 9.47. The Morgan fingerprint density at radius 1 is 1.25 bits per heavy atom. The average Bonchev–Trinajstić information content (AvgIpc) is 2.37. The second-order valence-corrected chi connectivity index (χ2v) is 4.73. The van der Waals surface area contributed by atoms with Gasteiger partial charge in [-0.3, -0.25) is 4.79 Å². The number of aryl methyl sites for hydroxylation is 1. The molecular weight excluding hydrogens is 257 g/mol. The Hall–Kier alpha value is -2.20. The molecule has 2 aromatic rings. The number of aliphatic hydroxyl groups excluding tert-OH is 1. The van der Waals surface area contributed by atoms with Crippen LogP contribution < -0.4 is 5.32 Å². The zero-order valence-electron chi connectivity index (χ0n) is 11.4. The largest absolute Gasteiger partial charge is 0.389 e. The van der Waals surface area contributed by atoms with Crippen LogP contribution in [0, 0.1) is 12.7 Å². The molecule has 104 valence electrons. The molecular formula is C16H16FNO2. The number of carbonyl (C=O) groups excluding carboxylic acids is 1. The van der Waals surface area contributed by atoms with Gasteiger partial charge in [-0.2, -0.15) is 0 Å². The Morgan fingerprint density at radius 3 is 2.60 bits per heavy atom. The van der Waals surface area contributed by atoms with Gasteiger partial charge in [0.25, 0.3) is 5.91 Å². The van der Waals surface area contributed by atoms with Crippen molar-refractivity contribution >= 4 is 11.6 Å². The molecule has 0 aliphatic rings. The third-order valence-corrected chi connectivity index (χ3v) is 2.96. The summed E-state index contributed by atoms with van der Waals surface area (Å²) in [5, 5.41) is 12.4. The van der Waals surface area contributed by atoms with E-state index < -0.39 is 17.8 Å². The number of hydrogen-bond acceptors (Lipinski definition) is 2. The molecule has 20 heavy (non-hydrogen) atoms. The fourth-order valence-corrected chi connectivity index (χ4v) is 2.04. The lowest BCUT2D eigenvalue weighted by Gasteiger charge is -2.13. The lowest BCUT2D eigenvalue weighted by atomic mass is 10.1. The molecule has 2 N–H and O–H groups in total. The van der Waals surface area contributed by atoms with Gasteiger partial charge < -0.3 is 10.4 Å². The minimum atomic E-state index is -0.694. The molecule has 2 rings (SSSR count). The van der Waals surface area contributed by atoms with Crippen molar-refractivity contribution in [1.29, 1.82) is 0 Å². The fraction of sp³-hybridized carbons (Fsp3) is 0.188. The molecule has 0 bridgehead atoms. The molecule has 0 aromatic heterocycles. The van der Waals surface area contributed by atoms with Gasteiger partial charge in [-0.15, -0.1) is 0 Å². The number of hydrogen-bond donors (Lipinski definition) is 2. The molecule has 0 aliphatic carbocycles. The molecule has 2 aromatic carbocycles. The quantitative estimate of drug-likeness (QED) is 0.900. The molecule has 3 nitrogen and oxygen atoms in total. The molecule has 1 unspecified atom stereocenters. The molecule has 1 atom stereocenters. The number of benzene rings is 2. The van der Waals surface area contributed by atoms with Crippen molar-refractivity contribution in [3.8, 4) is 0 Å². The van der Waals surface area contributed by atoms with Crippen LogP contribution in [0.25, 0.3) is 0 Å². The van der Waals surface area contributed by atoms with Crippen LogP contribution in [0.3, 0.4) is 0 Å². The summed E-state index contributed by atoms with van der Waals surface area (Å²) in [7, 11) is 0. The zero-order chi connectivity index (χ0) is 14.7. The van der Waals surface area contributed by atoms with Gasteiger partial charge in [-0.1, -0.05) is 18.2 Å². The highest BCUT2D eigenvalue weighted by Crippen LogP contribution is 2.23. The van der Waals surface area contributed by atoms with E-state index in [4.69, 9.17) is 0 Å². The van der Waals surface area contributed by atoms with Gasteiger partial charge in [0.15, 0.2) is 0 Å². The molecule has 0 radical (unpaired) electrons. The molecule has 1 amide bonds. The molecule has 0 aliphatic heterocycles. The first-order valence-electron chi connectivity index (χ1n) is 6.33. The maximum Gasteiger partial charge on any atom is 0.255 e. The lowest BCUT2D eigenvalue weighted by molar-refractivity contribution is 0.102. The summed E-state index contributed by atoms with van der Waals surface area (Å²) in [6.07, 6.45) is -0.694. The Labute approximate surface area is 117 Å². The van der Waals surface area contributed by atoms with Crippen molar-refractivity contribution in [3.05, 3.63) is 65.0 Å². The average molecular weight is 273 g/mol. The van der Waals surface area contributed by atoms with E-state index in [0.717, 1.165) is 0 Å². The number of aliphatic hydroxyl groups is 1. The highest BCUT2D eigenvalue weighted by molar-refractivity contribution is 6.04. The van der Waals surface area contributed by atoms with Crippen LogP contribution in [-0.4, -0.2) is 11.0 Å². The van der Waals surface area contributed by atoms with E-state index >= 15 is 0 Å². The maximum absolute atomic E-state index is 13.3. The first kappa shape index (κ1) is 14.2. The first-order valence-corrected chi connectivity index (χ1v) is 6.33. The Kier molecular flexibility index (Phi) is 4.15. The molecule has 0 saturated carbocycles. The standard InChI is InChI=1S/C16H16FNO2/c1-10-7-12(9-13(17)8-10)16(20)18-15-6-4-3-5-14(15)11(2)19/h3-9,11,19H,1-2H3,(H,18,20). The van der Waals surface area contributed by atoms with Gasteiger partial charge in [-0.25, -0.2) is 4.39 Å². The second-order valence-electron chi connectivity index (χ2n) is 4.73. The van der Waals surface area contributed by atoms with E-state index in [9.17, 15) is 14.3 Å².